The molecule has 0 saturated carbocycles. The van der Waals surface area contributed by atoms with Gasteiger partial charge in [-0.25, -0.2) is 0 Å². The van der Waals surface area contributed by atoms with Crippen LogP contribution in [0.2, 0.25) is 0 Å². The van der Waals surface area contributed by atoms with Crippen LogP contribution in [0.5, 0.6) is 0 Å². The lowest BCUT2D eigenvalue weighted by molar-refractivity contribution is 1.30. The molecule has 0 atom stereocenters. The molecule has 0 aliphatic heterocycles. The van der Waals surface area contributed by atoms with Gasteiger partial charge in [0.05, 0.1) is 0 Å². The fraction of sp³-hybridized carbons (Fsp3) is 0.0244. The van der Waals surface area contributed by atoms with Crippen molar-refractivity contribution in [3.8, 4) is 44.5 Å². The summed E-state index contributed by atoms with van der Waals surface area (Å²) in [4.78, 5) is 8.88. The molecule has 0 bridgehead atoms. The van der Waals surface area contributed by atoms with Gasteiger partial charge in [0.25, 0.3) is 0 Å². The standard InChI is InChI=1S/C41H28N2/c1-27-15-16-28-17-18-31(22-33(28)20-27)41-38-13-4-2-11-36(38)40(37-12-3-5-14-39(37)41)30-9-6-8-29(21-30)34-23-35(26-43-25-34)32-10-7-19-42-24-32/h2-26H,1H3. The fourth-order valence-electron chi connectivity index (χ4n) is 6.42. The Balaban J connectivity index is 1.35. The molecule has 202 valence electrons. The summed E-state index contributed by atoms with van der Waals surface area (Å²) in [5.74, 6) is 0. The molecule has 2 heterocycles. The van der Waals surface area contributed by atoms with Crippen molar-refractivity contribution in [2.75, 3.05) is 0 Å². The predicted molar refractivity (Wildman–Crippen MR) is 181 cm³/mol. The van der Waals surface area contributed by atoms with Crippen LogP contribution in [0.25, 0.3) is 76.8 Å². The van der Waals surface area contributed by atoms with Crippen molar-refractivity contribution in [2.24, 2.45) is 0 Å². The Hall–Kier alpha value is -5.60. The molecule has 8 rings (SSSR count). The third kappa shape index (κ3) is 4.45. The molecular formula is C41H28N2. The van der Waals surface area contributed by atoms with Crippen LogP contribution in [-0.4, -0.2) is 9.97 Å². The molecule has 43 heavy (non-hydrogen) atoms. The van der Waals surface area contributed by atoms with Crippen LogP contribution in [-0.2, 0) is 0 Å². The van der Waals surface area contributed by atoms with Gasteiger partial charge in [-0.1, -0.05) is 109 Å². The Morgan fingerprint density at radius 2 is 0.930 bits per heavy atom. The number of hydrogen-bond donors (Lipinski definition) is 0. The van der Waals surface area contributed by atoms with Gasteiger partial charge in [-0.3, -0.25) is 9.97 Å². The van der Waals surface area contributed by atoms with Crippen LogP contribution in [0.4, 0.5) is 0 Å². The van der Waals surface area contributed by atoms with Gasteiger partial charge in [-0.2, -0.15) is 0 Å². The molecule has 8 aromatic rings. The lowest BCUT2D eigenvalue weighted by atomic mass is 9.85. The van der Waals surface area contributed by atoms with Crippen LogP contribution in [0.15, 0.2) is 152 Å². The molecule has 0 radical (unpaired) electrons. The molecule has 0 aliphatic carbocycles. The molecule has 0 aliphatic rings. The van der Waals surface area contributed by atoms with E-state index in [1.165, 1.54) is 60.1 Å². The van der Waals surface area contributed by atoms with E-state index in [1.807, 2.05) is 24.7 Å². The maximum Gasteiger partial charge on any atom is 0.0347 e. The molecule has 0 unspecified atom stereocenters. The summed E-state index contributed by atoms with van der Waals surface area (Å²) < 4.78 is 0. The van der Waals surface area contributed by atoms with Crippen molar-refractivity contribution in [1.82, 2.24) is 9.97 Å². The third-order valence-electron chi connectivity index (χ3n) is 8.43. The average Bonchev–Trinajstić information content (AvgIpc) is 3.07. The molecule has 0 N–H and O–H groups in total. The molecule has 0 amide bonds. The van der Waals surface area contributed by atoms with Gasteiger partial charge in [0.15, 0.2) is 0 Å². The molecule has 2 aromatic heterocycles. The largest absolute Gasteiger partial charge is 0.264 e. The van der Waals surface area contributed by atoms with Crippen molar-refractivity contribution in [2.45, 2.75) is 6.92 Å². The zero-order chi connectivity index (χ0) is 28.8. The van der Waals surface area contributed by atoms with Gasteiger partial charge >= 0.3 is 0 Å². The average molecular weight is 549 g/mol. The first-order valence-electron chi connectivity index (χ1n) is 14.6. The highest BCUT2D eigenvalue weighted by molar-refractivity contribution is 6.21. The SMILES string of the molecule is Cc1ccc2ccc(-c3c4ccccc4c(-c4cccc(-c5cncc(-c6cccnc6)c5)c4)c4ccccc34)cc2c1. The van der Waals surface area contributed by atoms with E-state index in [9.17, 15) is 0 Å². The highest BCUT2D eigenvalue weighted by Gasteiger charge is 2.17. The van der Waals surface area contributed by atoms with E-state index in [0.29, 0.717) is 0 Å². The summed E-state index contributed by atoms with van der Waals surface area (Å²) in [6, 6.07) is 46.3. The predicted octanol–water partition coefficient (Wildman–Crippen LogP) is 10.9. The lowest BCUT2D eigenvalue weighted by Crippen LogP contribution is -1.91. The Bertz CT molecular complexity index is 2240. The summed E-state index contributed by atoms with van der Waals surface area (Å²) in [6.45, 7) is 2.16. The van der Waals surface area contributed by atoms with Crippen LogP contribution in [0.1, 0.15) is 5.56 Å². The van der Waals surface area contributed by atoms with Gasteiger partial charge in [-0.15, -0.1) is 0 Å². The van der Waals surface area contributed by atoms with Crippen LogP contribution in [0.3, 0.4) is 0 Å². The number of hydrogen-bond acceptors (Lipinski definition) is 2. The molecule has 0 saturated heterocycles. The van der Waals surface area contributed by atoms with Gasteiger partial charge < -0.3 is 0 Å². The minimum absolute atomic E-state index is 1.06. The van der Waals surface area contributed by atoms with Crippen molar-refractivity contribution >= 4 is 32.3 Å². The second-order valence-corrected chi connectivity index (χ2v) is 11.2. The Labute approximate surface area is 251 Å². The quantitative estimate of drug-likeness (QED) is 0.204. The Morgan fingerprint density at radius 1 is 0.372 bits per heavy atom. The first-order valence-corrected chi connectivity index (χ1v) is 14.6. The fourth-order valence-corrected chi connectivity index (χ4v) is 6.42. The summed E-state index contributed by atoms with van der Waals surface area (Å²) in [5, 5.41) is 7.55. The first-order chi connectivity index (χ1) is 21.2. The summed E-state index contributed by atoms with van der Waals surface area (Å²) >= 11 is 0. The third-order valence-corrected chi connectivity index (χ3v) is 8.43. The molecule has 2 nitrogen and oxygen atoms in total. The van der Waals surface area contributed by atoms with Gasteiger partial charge in [0.2, 0.25) is 0 Å². The highest BCUT2D eigenvalue weighted by atomic mass is 14.6. The Kier molecular flexibility index (Phi) is 6.05. The maximum absolute atomic E-state index is 4.58. The zero-order valence-corrected chi connectivity index (χ0v) is 23.8. The number of pyridine rings is 2. The highest BCUT2D eigenvalue weighted by Crippen LogP contribution is 2.44. The van der Waals surface area contributed by atoms with Gasteiger partial charge in [0, 0.05) is 41.5 Å². The van der Waals surface area contributed by atoms with E-state index in [1.54, 1.807) is 6.20 Å². The summed E-state index contributed by atoms with van der Waals surface area (Å²) in [5.41, 5.74) is 10.6. The van der Waals surface area contributed by atoms with Crippen molar-refractivity contribution < 1.29 is 0 Å². The Morgan fingerprint density at radius 3 is 1.60 bits per heavy atom. The minimum atomic E-state index is 1.06. The van der Waals surface area contributed by atoms with E-state index < -0.39 is 0 Å². The molecule has 0 fully saturated rings. The van der Waals surface area contributed by atoms with E-state index in [0.717, 1.165) is 22.3 Å². The number of fused-ring (bicyclic) bond motifs is 3. The minimum Gasteiger partial charge on any atom is -0.264 e. The number of benzene rings is 6. The van der Waals surface area contributed by atoms with E-state index in [4.69, 9.17) is 0 Å². The van der Waals surface area contributed by atoms with Gasteiger partial charge in [-0.05, 0) is 91.3 Å². The van der Waals surface area contributed by atoms with Crippen molar-refractivity contribution in [1.29, 1.82) is 0 Å². The lowest BCUT2D eigenvalue weighted by Gasteiger charge is -2.18. The smallest absolute Gasteiger partial charge is 0.0347 e. The molecule has 0 spiro atoms. The van der Waals surface area contributed by atoms with Crippen molar-refractivity contribution in [3.63, 3.8) is 0 Å². The van der Waals surface area contributed by atoms with Crippen molar-refractivity contribution in [3.05, 3.63) is 158 Å². The zero-order valence-electron chi connectivity index (χ0n) is 23.8. The van der Waals surface area contributed by atoms with Gasteiger partial charge in [0.1, 0.15) is 0 Å². The topological polar surface area (TPSA) is 25.8 Å². The second-order valence-electron chi connectivity index (χ2n) is 11.2. The van der Waals surface area contributed by atoms with Crippen LogP contribution in [0, 0.1) is 6.92 Å². The van der Waals surface area contributed by atoms with Crippen LogP contribution < -0.4 is 0 Å². The monoisotopic (exact) mass is 548 g/mol. The molecular weight excluding hydrogens is 520 g/mol. The van der Waals surface area contributed by atoms with Crippen LogP contribution >= 0.6 is 0 Å². The summed E-state index contributed by atoms with van der Waals surface area (Å²) in [7, 11) is 0. The van der Waals surface area contributed by atoms with E-state index >= 15 is 0 Å². The molecule has 6 aromatic carbocycles. The second kappa shape index (κ2) is 10.3. The summed E-state index contributed by atoms with van der Waals surface area (Å²) in [6.07, 6.45) is 7.52. The number of aromatic nitrogens is 2. The number of rotatable bonds is 4. The normalized spacial score (nSPS) is 11.4. The first kappa shape index (κ1) is 25.1. The number of aryl methyl sites for hydroxylation is 1. The van der Waals surface area contributed by atoms with E-state index in [-0.39, 0.29) is 0 Å². The number of nitrogens with zero attached hydrogens (tertiary/aromatic N) is 2. The molecule has 2 heteroatoms. The maximum atomic E-state index is 4.58. The van der Waals surface area contributed by atoms with E-state index in [2.05, 4.69) is 138 Å².